The summed E-state index contributed by atoms with van der Waals surface area (Å²) >= 11 is 3.21. The molecular weight excluding hydrogens is 285 g/mol. The van der Waals surface area contributed by atoms with E-state index in [0.717, 1.165) is 11.1 Å². The predicted molar refractivity (Wildman–Crippen MR) is 70.2 cm³/mol. The highest BCUT2D eigenvalue weighted by molar-refractivity contribution is 9.10. The molecule has 2 rings (SSSR count). The third-order valence-corrected chi connectivity index (χ3v) is 3.49. The molecule has 90 valence electrons. The Balaban J connectivity index is 2.74. The summed E-state index contributed by atoms with van der Waals surface area (Å²) in [4.78, 5) is 0. The molecule has 0 amide bonds. The Morgan fingerprint density at radius 2 is 2.00 bits per heavy atom. The summed E-state index contributed by atoms with van der Waals surface area (Å²) in [7, 11) is 1.73. The zero-order valence-electron chi connectivity index (χ0n) is 9.88. The SMILES string of the molecule is Cc1cc(Br)c(F)c(-c2cc(N)n(C)n2)c1C. The number of nitrogens with zero attached hydrogens (tertiary/aromatic N) is 2. The van der Waals surface area contributed by atoms with Crippen molar-refractivity contribution in [3.63, 3.8) is 0 Å². The van der Waals surface area contributed by atoms with Crippen LogP contribution in [0.4, 0.5) is 10.2 Å². The molecule has 0 unspecified atom stereocenters. The molecule has 2 N–H and O–H groups in total. The van der Waals surface area contributed by atoms with Crippen molar-refractivity contribution in [2.24, 2.45) is 7.05 Å². The van der Waals surface area contributed by atoms with Crippen LogP contribution in [0.3, 0.4) is 0 Å². The first kappa shape index (κ1) is 12.1. The highest BCUT2D eigenvalue weighted by Gasteiger charge is 2.17. The van der Waals surface area contributed by atoms with Crippen LogP contribution in [0.1, 0.15) is 11.1 Å². The average Bonchev–Trinajstić information content (AvgIpc) is 2.57. The van der Waals surface area contributed by atoms with E-state index < -0.39 is 0 Å². The molecule has 3 nitrogen and oxygen atoms in total. The van der Waals surface area contributed by atoms with E-state index in [0.29, 0.717) is 21.5 Å². The summed E-state index contributed by atoms with van der Waals surface area (Å²) in [5, 5.41) is 4.22. The van der Waals surface area contributed by atoms with Crippen LogP contribution in [-0.4, -0.2) is 9.78 Å². The summed E-state index contributed by atoms with van der Waals surface area (Å²) in [5.74, 6) is 0.211. The number of aryl methyl sites for hydroxylation is 2. The third kappa shape index (κ3) is 1.95. The topological polar surface area (TPSA) is 43.8 Å². The first-order chi connectivity index (χ1) is 7.91. The van der Waals surface area contributed by atoms with Crippen molar-refractivity contribution < 1.29 is 4.39 Å². The molecule has 17 heavy (non-hydrogen) atoms. The van der Waals surface area contributed by atoms with Gasteiger partial charge in [-0.1, -0.05) is 0 Å². The monoisotopic (exact) mass is 297 g/mol. The van der Waals surface area contributed by atoms with E-state index in [1.54, 1.807) is 19.2 Å². The number of nitrogens with two attached hydrogens (primary N) is 1. The van der Waals surface area contributed by atoms with E-state index in [1.165, 1.54) is 4.68 Å². The van der Waals surface area contributed by atoms with Gasteiger partial charge < -0.3 is 5.73 Å². The maximum atomic E-state index is 14.1. The Bertz CT molecular complexity index is 544. The number of halogens is 2. The second-order valence-electron chi connectivity index (χ2n) is 4.07. The Kier molecular flexibility index (Phi) is 2.95. The van der Waals surface area contributed by atoms with Crippen LogP contribution in [0.2, 0.25) is 0 Å². The van der Waals surface area contributed by atoms with Gasteiger partial charge in [0.15, 0.2) is 0 Å². The van der Waals surface area contributed by atoms with E-state index in [2.05, 4.69) is 21.0 Å². The molecule has 0 saturated carbocycles. The Hall–Kier alpha value is -1.36. The minimum atomic E-state index is -0.300. The number of rotatable bonds is 1. The molecule has 0 bridgehead atoms. The highest BCUT2D eigenvalue weighted by atomic mass is 79.9. The summed E-state index contributed by atoms with van der Waals surface area (Å²) in [6, 6.07) is 3.44. The predicted octanol–water partition coefficient (Wildman–Crippen LogP) is 3.19. The molecule has 1 aromatic carbocycles. The molecule has 0 radical (unpaired) electrons. The van der Waals surface area contributed by atoms with Crippen molar-refractivity contribution in [3.05, 3.63) is 33.5 Å². The van der Waals surface area contributed by atoms with Crippen LogP contribution in [0.5, 0.6) is 0 Å². The van der Waals surface area contributed by atoms with Gasteiger partial charge in [0.1, 0.15) is 11.6 Å². The van der Waals surface area contributed by atoms with Gasteiger partial charge in [0, 0.05) is 18.7 Å². The molecule has 1 heterocycles. The van der Waals surface area contributed by atoms with E-state index in [9.17, 15) is 4.39 Å². The van der Waals surface area contributed by atoms with Crippen molar-refractivity contribution in [3.8, 4) is 11.3 Å². The molecule has 0 aliphatic heterocycles. The molecule has 0 fully saturated rings. The van der Waals surface area contributed by atoms with Gasteiger partial charge in [0.2, 0.25) is 0 Å². The van der Waals surface area contributed by atoms with Gasteiger partial charge in [-0.05, 0) is 47.0 Å². The standard InChI is InChI=1S/C12H13BrFN3/c1-6-4-8(13)12(14)11(7(6)2)9-5-10(15)17(3)16-9/h4-5H,15H2,1-3H3. The van der Waals surface area contributed by atoms with E-state index in [1.807, 2.05) is 13.8 Å². The summed E-state index contributed by atoms with van der Waals surface area (Å²) < 4.78 is 16.1. The maximum Gasteiger partial charge on any atom is 0.147 e. The molecule has 0 atom stereocenters. The van der Waals surface area contributed by atoms with Gasteiger partial charge in [-0.2, -0.15) is 5.10 Å². The Labute approximate surface area is 108 Å². The molecule has 5 heteroatoms. The Morgan fingerprint density at radius 3 is 2.53 bits per heavy atom. The van der Waals surface area contributed by atoms with Crippen LogP contribution in [0.25, 0.3) is 11.3 Å². The van der Waals surface area contributed by atoms with Gasteiger partial charge >= 0.3 is 0 Å². The van der Waals surface area contributed by atoms with Gasteiger partial charge in [-0.3, -0.25) is 4.68 Å². The normalized spacial score (nSPS) is 10.9. The number of aromatic nitrogens is 2. The summed E-state index contributed by atoms with van der Waals surface area (Å²) in [5.41, 5.74) is 8.67. The molecule has 0 aliphatic carbocycles. The van der Waals surface area contributed by atoms with Gasteiger partial charge in [0.05, 0.1) is 10.2 Å². The van der Waals surface area contributed by atoms with Crippen LogP contribution in [-0.2, 0) is 7.05 Å². The lowest BCUT2D eigenvalue weighted by Gasteiger charge is -2.09. The number of hydrogen-bond acceptors (Lipinski definition) is 2. The number of nitrogen functional groups attached to an aromatic ring is 1. The van der Waals surface area contributed by atoms with E-state index >= 15 is 0 Å². The largest absolute Gasteiger partial charge is 0.384 e. The van der Waals surface area contributed by atoms with Gasteiger partial charge in [-0.15, -0.1) is 0 Å². The zero-order valence-corrected chi connectivity index (χ0v) is 11.5. The van der Waals surface area contributed by atoms with Crippen molar-refractivity contribution in [2.75, 3.05) is 5.73 Å². The van der Waals surface area contributed by atoms with Crippen LogP contribution in [0.15, 0.2) is 16.6 Å². The minimum absolute atomic E-state index is 0.300. The fourth-order valence-electron chi connectivity index (χ4n) is 1.75. The maximum absolute atomic E-state index is 14.1. The zero-order chi connectivity index (χ0) is 12.7. The average molecular weight is 298 g/mol. The smallest absolute Gasteiger partial charge is 0.147 e. The van der Waals surface area contributed by atoms with E-state index in [4.69, 9.17) is 5.73 Å². The highest BCUT2D eigenvalue weighted by Crippen LogP contribution is 2.33. The number of hydrogen-bond donors (Lipinski definition) is 1. The van der Waals surface area contributed by atoms with E-state index in [-0.39, 0.29) is 5.82 Å². The summed E-state index contributed by atoms with van der Waals surface area (Å²) in [6.07, 6.45) is 0. The first-order valence-electron chi connectivity index (χ1n) is 5.17. The van der Waals surface area contributed by atoms with Crippen molar-refractivity contribution in [2.45, 2.75) is 13.8 Å². The van der Waals surface area contributed by atoms with Crippen molar-refractivity contribution >= 4 is 21.7 Å². The minimum Gasteiger partial charge on any atom is -0.384 e. The molecule has 2 aromatic rings. The first-order valence-corrected chi connectivity index (χ1v) is 5.96. The van der Waals surface area contributed by atoms with Crippen LogP contribution >= 0.6 is 15.9 Å². The molecule has 0 aliphatic rings. The lowest BCUT2D eigenvalue weighted by atomic mass is 10.0. The van der Waals surface area contributed by atoms with Crippen molar-refractivity contribution in [1.29, 1.82) is 0 Å². The third-order valence-electron chi connectivity index (χ3n) is 2.91. The fourth-order valence-corrected chi connectivity index (χ4v) is 2.29. The fraction of sp³-hybridized carbons (Fsp3) is 0.250. The van der Waals surface area contributed by atoms with Crippen LogP contribution < -0.4 is 5.73 Å². The molecule has 1 aromatic heterocycles. The Morgan fingerprint density at radius 1 is 1.35 bits per heavy atom. The second kappa shape index (κ2) is 4.14. The lowest BCUT2D eigenvalue weighted by molar-refractivity contribution is 0.621. The summed E-state index contributed by atoms with van der Waals surface area (Å²) in [6.45, 7) is 3.82. The molecule has 0 saturated heterocycles. The van der Waals surface area contributed by atoms with Gasteiger partial charge in [0.25, 0.3) is 0 Å². The van der Waals surface area contributed by atoms with Crippen LogP contribution in [0, 0.1) is 19.7 Å². The lowest BCUT2D eigenvalue weighted by Crippen LogP contribution is -1.98. The number of anilines is 1. The van der Waals surface area contributed by atoms with Gasteiger partial charge in [-0.25, -0.2) is 4.39 Å². The quantitative estimate of drug-likeness (QED) is 0.878. The van der Waals surface area contributed by atoms with Crippen molar-refractivity contribution in [1.82, 2.24) is 9.78 Å². The number of benzene rings is 1. The molecular formula is C12H13BrFN3. The second-order valence-corrected chi connectivity index (χ2v) is 4.92. The molecule has 0 spiro atoms.